The number of hydrogen-bond donors (Lipinski definition) is 5. The molecule has 0 amide bonds. The number of esters is 2. The van der Waals surface area contributed by atoms with Gasteiger partial charge in [0.05, 0.1) is 0 Å². The molecule has 0 fully saturated rings. The zero-order valence-electron chi connectivity index (χ0n) is 21.0. The third kappa shape index (κ3) is 4.73. The number of phenols is 4. The van der Waals surface area contributed by atoms with Gasteiger partial charge in [-0.2, -0.15) is 0 Å². The third-order valence-corrected chi connectivity index (χ3v) is 6.23. The number of aromatic hydroxyl groups is 4. The number of carbonyl (C=O) groups excluding carboxylic acids is 2. The maximum absolute atomic E-state index is 13.1. The average molecular weight is 510 g/mol. The molecule has 0 aliphatic carbocycles. The van der Waals surface area contributed by atoms with Crippen LogP contribution in [-0.2, 0) is 0 Å². The molecule has 5 N–H and O–H groups in total. The lowest BCUT2D eigenvalue weighted by molar-refractivity contribution is 0.0689. The average Bonchev–Trinajstić information content (AvgIpc) is 2.78. The molecule has 3 rings (SSSR count). The maximum atomic E-state index is 13.1. The van der Waals surface area contributed by atoms with Crippen molar-refractivity contribution in [3.63, 3.8) is 0 Å². The summed E-state index contributed by atoms with van der Waals surface area (Å²) in [5, 5.41) is 50.1. The van der Waals surface area contributed by atoms with Gasteiger partial charge in [0.15, 0.2) is 0 Å². The van der Waals surface area contributed by atoms with E-state index in [1.165, 1.54) is 46.8 Å². The summed E-state index contributed by atoms with van der Waals surface area (Å²) in [6.07, 6.45) is 0. The standard InChI is InChI=1S/C27H26O10/c1-10-7-16(28)9-17(29)19(10)26(34)37-24-13(4)12(3)21(23(31)15(24)6)27(35)36-18-8-11(2)20(25(32)33)22(30)14(18)5/h7-9,28-31H,1-6H3,(H,32,33). The van der Waals surface area contributed by atoms with Gasteiger partial charge in [-0.3, -0.25) is 0 Å². The van der Waals surface area contributed by atoms with E-state index in [9.17, 15) is 39.9 Å². The Morgan fingerprint density at radius 3 is 1.73 bits per heavy atom. The highest BCUT2D eigenvalue weighted by Gasteiger charge is 2.28. The summed E-state index contributed by atoms with van der Waals surface area (Å²) in [5.74, 6) is -5.13. The van der Waals surface area contributed by atoms with E-state index in [0.717, 1.165) is 6.07 Å². The summed E-state index contributed by atoms with van der Waals surface area (Å²) in [7, 11) is 0. The van der Waals surface area contributed by atoms with E-state index in [2.05, 4.69) is 0 Å². The molecule has 0 bridgehead atoms. The molecule has 3 aromatic rings. The number of carbonyl (C=O) groups is 3. The monoisotopic (exact) mass is 510 g/mol. The molecule has 0 saturated carbocycles. The molecule has 0 heterocycles. The number of aryl methyl sites for hydroxylation is 2. The smallest absolute Gasteiger partial charge is 0.347 e. The van der Waals surface area contributed by atoms with Crippen molar-refractivity contribution in [2.45, 2.75) is 41.5 Å². The van der Waals surface area contributed by atoms with Crippen LogP contribution in [0.5, 0.6) is 34.5 Å². The summed E-state index contributed by atoms with van der Waals surface area (Å²) in [5.41, 5.74) is 0.386. The van der Waals surface area contributed by atoms with Crippen LogP contribution < -0.4 is 9.47 Å². The maximum Gasteiger partial charge on any atom is 0.347 e. The minimum absolute atomic E-state index is 0.0246. The molecule has 0 aromatic heterocycles. The predicted octanol–water partition coefficient (Wildman–Crippen LogP) is 4.50. The number of carboxylic acid groups (broad SMARTS) is 1. The summed E-state index contributed by atoms with van der Waals surface area (Å²) in [6, 6.07) is 3.57. The topological polar surface area (TPSA) is 171 Å². The van der Waals surface area contributed by atoms with Crippen LogP contribution in [0.2, 0.25) is 0 Å². The van der Waals surface area contributed by atoms with Gasteiger partial charge in [0, 0.05) is 17.2 Å². The highest BCUT2D eigenvalue weighted by molar-refractivity contribution is 5.99. The molecule has 10 heteroatoms. The number of aromatic carboxylic acids is 1. The third-order valence-electron chi connectivity index (χ3n) is 6.23. The number of benzene rings is 3. The first kappa shape index (κ1) is 26.9. The molecule has 0 aliphatic rings. The molecule has 0 aliphatic heterocycles. The van der Waals surface area contributed by atoms with Gasteiger partial charge < -0.3 is 35.0 Å². The fourth-order valence-corrected chi connectivity index (χ4v) is 4.07. The van der Waals surface area contributed by atoms with E-state index in [1.54, 1.807) is 6.92 Å². The molecule has 37 heavy (non-hydrogen) atoms. The van der Waals surface area contributed by atoms with Crippen molar-refractivity contribution in [1.82, 2.24) is 0 Å². The van der Waals surface area contributed by atoms with Crippen LogP contribution in [0, 0.1) is 41.5 Å². The fourth-order valence-electron chi connectivity index (χ4n) is 4.07. The van der Waals surface area contributed by atoms with Crippen LogP contribution >= 0.6 is 0 Å². The van der Waals surface area contributed by atoms with E-state index in [1.807, 2.05) is 0 Å². The molecule has 0 radical (unpaired) electrons. The molecule has 194 valence electrons. The number of rotatable bonds is 5. The van der Waals surface area contributed by atoms with Crippen LogP contribution in [-0.4, -0.2) is 43.4 Å². The first-order valence-electron chi connectivity index (χ1n) is 11.0. The SMILES string of the molecule is Cc1cc(O)cc(O)c1C(=O)Oc1c(C)c(C)c(C(=O)Oc2cc(C)c(C(=O)O)c(O)c2C)c(O)c1C. The minimum atomic E-state index is -1.34. The first-order chi connectivity index (χ1) is 17.2. The van der Waals surface area contributed by atoms with Gasteiger partial charge in [0.25, 0.3) is 0 Å². The zero-order chi connectivity index (χ0) is 27.9. The van der Waals surface area contributed by atoms with E-state index in [4.69, 9.17) is 9.47 Å². The van der Waals surface area contributed by atoms with Crippen molar-refractivity contribution in [3.8, 4) is 34.5 Å². The van der Waals surface area contributed by atoms with Gasteiger partial charge in [-0.1, -0.05) is 0 Å². The van der Waals surface area contributed by atoms with Crippen LogP contribution in [0.1, 0.15) is 64.5 Å². The second-order valence-electron chi connectivity index (χ2n) is 8.71. The molecular weight excluding hydrogens is 484 g/mol. The summed E-state index contributed by atoms with van der Waals surface area (Å²) >= 11 is 0. The Kier molecular flexibility index (Phi) is 7.06. The number of ether oxygens (including phenoxy) is 2. The minimum Gasteiger partial charge on any atom is -0.508 e. The van der Waals surface area contributed by atoms with Gasteiger partial charge in [0.2, 0.25) is 0 Å². The van der Waals surface area contributed by atoms with E-state index in [-0.39, 0.29) is 61.8 Å². The molecule has 0 saturated heterocycles. The van der Waals surface area contributed by atoms with Gasteiger partial charge in [-0.15, -0.1) is 0 Å². The highest BCUT2D eigenvalue weighted by atomic mass is 16.5. The molecule has 3 aromatic carbocycles. The second-order valence-corrected chi connectivity index (χ2v) is 8.71. The van der Waals surface area contributed by atoms with Crippen molar-refractivity contribution in [1.29, 1.82) is 0 Å². The van der Waals surface area contributed by atoms with Gasteiger partial charge >= 0.3 is 17.9 Å². The summed E-state index contributed by atoms with van der Waals surface area (Å²) in [4.78, 5) is 37.3. The van der Waals surface area contributed by atoms with Crippen LogP contribution in [0.4, 0.5) is 0 Å². The van der Waals surface area contributed by atoms with Crippen LogP contribution in [0.3, 0.4) is 0 Å². The Bertz CT molecular complexity index is 1430. The van der Waals surface area contributed by atoms with Gasteiger partial charge in [0.1, 0.15) is 51.2 Å². The highest BCUT2D eigenvalue weighted by Crippen LogP contribution is 2.40. The van der Waals surface area contributed by atoms with Crippen LogP contribution in [0.15, 0.2) is 18.2 Å². The van der Waals surface area contributed by atoms with E-state index >= 15 is 0 Å². The Hall–Kier alpha value is -4.73. The number of phenolic OH excluding ortho intramolecular Hbond substituents is 3. The first-order valence-corrected chi connectivity index (χ1v) is 11.0. The summed E-state index contributed by atoms with van der Waals surface area (Å²) in [6.45, 7) is 8.82. The van der Waals surface area contributed by atoms with Crippen molar-refractivity contribution < 1.29 is 49.4 Å². The lowest BCUT2D eigenvalue weighted by atomic mass is 9.96. The van der Waals surface area contributed by atoms with Crippen molar-refractivity contribution in [2.24, 2.45) is 0 Å². The largest absolute Gasteiger partial charge is 0.508 e. The van der Waals surface area contributed by atoms with Gasteiger partial charge in [-0.05, 0) is 75.9 Å². The normalized spacial score (nSPS) is 10.8. The predicted molar refractivity (Wildman–Crippen MR) is 131 cm³/mol. The molecule has 10 nitrogen and oxygen atoms in total. The van der Waals surface area contributed by atoms with Gasteiger partial charge in [-0.25, -0.2) is 14.4 Å². The van der Waals surface area contributed by atoms with Crippen molar-refractivity contribution in [2.75, 3.05) is 0 Å². The van der Waals surface area contributed by atoms with Crippen LogP contribution in [0.25, 0.3) is 0 Å². The Labute approximate surface area is 212 Å². The number of carboxylic acids is 1. The Balaban J connectivity index is 2.02. The van der Waals surface area contributed by atoms with Crippen molar-refractivity contribution in [3.05, 3.63) is 68.3 Å². The Morgan fingerprint density at radius 1 is 0.622 bits per heavy atom. The Morgan fingerprint density at radius 2 is 1.16 bits per heavy atom. The lowest BCUT2D eigenvalue weighted by Crippen LogP contribution is -2.16. The fraction of sp³-hybridized carbons (Fsp3) is 0.222. The molecular formula is C27H26O10. The zero-order valence-corrected chi connectivity index (χ0v) is 21.0. The summed E-state index contributed by atoms with van der Waals surface area (Å²) < 4.78 is 10.9. The number of hydrogen-bond acceptors (Lipinski definition) is 9. The van der Waals surface area contributed by atoms with Crippen molar-refractivity contribution >= 4 is 17.9 Å². The lowest BCUT2D eigenvalue weighted by Gasteiger charge is -2.19. The van der Waals surface area contributed by atoms with E-state index < -0.39 is 35.2 Å². The molecule has 0 atom stereocenters. The van der Waals surface area contributed by atoms with E-state index in [0.29, 0.717) is 5.56 Å². The quantitative estimate of drug-likeness (QED) is 0.243. The second kappa shape index (κ2) is 9.73. The molecule has 0 spiro atoms. The molecule has 0 unspecified atom stereocenters.